The van der Waals surface area contributed by atoms with E-state index in [1.54, 1.807) is 0 Å². The largest absolute Gasteiger partial charge is 0.368 e. The number of aryl methyl sites for hydroxylation is 1. The molecule has 0 aliphatic heterocycles. The quantitative estimate of drug-likeness (QED) is 0.780. The van der Waals surface area contributed by atoms with Gasteiger partial charge in [0.05, 0.1) is 7.06 Å². The third kappa shape index (κ3) is 2.52. The summed E-state index contributed by atoms with van der Waals surface area (Å²) in [6.07, 6.45) is 0. The molecule has 2 aromatic rings. The van der Waals surface area contributed by atoms with Gasteiger partial charge in [-0.1, -0.05) is 17.8 Å². The van der Waals surface area contributed by atoms with Crippen LogP contribution in [0, 0.1) is 0 Å². The molecule has 0 aliphatic rings. The topological polar surface area (TPSA) is 52.7 Å². The molecule has 0 atom stereocenters. The lowest BCUT2D eigenvalue weighted by molar-refractivity contribution is 0.252. The van der Waals surface area contributed by atoms with Gasteiger partial charge in [0.15, 0.2) is 0 Å². The van der Waals surface area contributed by atoms with E-state index in [9.17, 15) is 13.6 Å². The summed E-state index contributed by atoms with van der Waals surface area (Å²) in [5, 5.41) is 7.07. The van der Waals surface area contributed by atoms with Crippen molar-refractivity contribution in [2.24, 2.45) is 7.05 Å². The Labute approximate surface area is 100 Å². The number of nitrogens with zero attached hydrogens (tertiary/aromatic N) is 4. The lowest BCUT2D eigenvalue weighted by Crippen LogP contribution is -2.21. The summed E-state index contributed by atoms with van der Waals surface area (Å²) in [6, 6.07) is 4.16. The molecule has 0 saturated carbocycles. The SMILES string of the molecule is [3H]c1c(SC(F)F)cccc1-n1nnn(C)c1=O. The molecule has 0 unspecified atom stereocenters. The highest BCUT2D eigenvalue weighted by molar-refractivity contribution is 7.99. The summed E-state index contributed by atoms with van der Waals surface area (Å²) < 4.78 is 34.3. The molecule has 0 amide bonds. The third-order valence-corrected chi connectivity index (χ3v) is 2.59. The Kier molecular flexibility index (Phi) is 2.87. The van der Waals surface area contributed by atoms with Gasteiger partial charge in [0.25, 0.3) is 5.76 Å². The first kappa shape index (κ1) is 10.5. The van der Waals surface area contributed by atoms with Crippen molar-refractivity contribution in [2.75, 3.05) is 0 Å². The van der Waals surface area contributed by atoms with E-state index < -0.39 is 11.4 Å². The molecule has 0 fully saturated rings. The molecule has 0 bridgehead atoms. The Hall–Kier alpha value is -1.70. The third-order valence-electron chi connectivity index (χ3n) is 1.92. The summed E-state index contributed by atoms with van der Waals surface area (Å²) in [5.41, 5.74) is -0.415. The zero-order chi connectivity index (χ0) is 13.3. The Bertz CT molecular complexity index is 627. The fourth-order valence-corrected chi connectivity index (χ4v) is 1.70. The van der Waals surface area contributed by atoms with Crippen LogP contribution < -0.4 is 5.69 Å². The maximum absolute atomic E-state index is 12.3. The molecule has 0 radical (unpaired) electrons. The molecule has 0 N–H and O–H groups in total. The maximum atomic E-state index is 12.3. The lowest BCUT2D eigenvalue weighted by atomic mass is 10.3. The van der Waals surface area contributed by atoms with Gasteiger partial charge in [-0.25, -0.2) is 4.79 Å². The van der Waals surface area contributed by atoms with Gasteiger partial charge in [-0.15, -0.1) is 0 Å². The van der Waals surface area contributed by atoms with Crippen molar-refractivity contribution < 1.29 is 10.2 Å². The number of rotatable bonds is 3. The number of tetrazole rings is 1. The van der Waals surface area contributed by atoms with Crippen LogP contribution in [0.3, 0.4) is 0 Å². The van der Waals surface area contributed by atoms with Crippen molar-refractivity contribution in [1.82, 2.24) is 19.8 Å². The van der Waals surface area contributed by atoms with Crippen LogP contribution in [0.15, 0.2) is 33.9 Å². The summed E-state index contributed by atoms with van der Waals surface area (Å²) in [6.45, 7) is 0. The van der Waals surface area contributed by atoms with Gasteiger partial charge in [-0.3, -0.25) is 0 Å². The van der Waals surface area contributed by atoms with Crippen LogP contribution in [-0.4, -0.2) is 25.5 Å². The first-order valence-corrected chi connectivity index (χ1v) is 5.42. The Morgan fingerprint density at radius 2 is 2.24 bits per heavy atom. The average Bonchev–Trinajstić information content (AvgIpc) is 2.63. The molecule has 1 aromatic heterocycles. The first-order chi connectivity index (χ1) is 8.50. The summed E-state index contributed by atoms with van der Waals surface area (Å²) in [7, 11) is 1.41. The van der Waals surface area contributed by atoms with E-state index in [0.29, 0.717) is 0 Å². The summed E-state index contributed by atoms with van der Waals surface area (Å²) in [5.74, 6) is -2.62. The van der Waals surface area contributed by atoms with Crippen molar-refractivity contribution in [2.45, 2.75) is 10.7 Å². The van der Waals surface area contributed by atoms with Crippen LogP contribution in [0.25, 0.3) is 5.69 Å². The molecule has 0 aliphatic carbocycles. The Morgan fingerprint density at radius 3 is 2.82 bits per heavy atom. The molecule has 2 rings (SSSR count). The zero-order valence-corrected chi connectivity index (χ0v) is 9.49. The van der Waals surface area contributed by atoms with Crippen LogP contribution in [0.5, 0.6) is 0 Å². The highest BCUT2D eigenvalue weighted by Gasteiger charge is 2.09. The molecular formula is C9H8F2N4OS. The molecule has 8 heteroatoms. The molecular weight excluding hydrogens is 250 g/mol. The molecule has 90 valence electrons. The van der Waals surface area contributed by atoms with E-state index in [0.717, 1.165) is 9.36 Å². The standard InChI is InChI=1S/C9H8F2N4OS/c1-14-9(16)15(13-12-14)6-3-2-4-7(5-6)17-8(10)11/h2-5,8H,1H3/i5T. The highest BCUT2D eigenvalue weighted by atomic mass is 32.2. The molecule has 0 saturated heterocycles. The Morgan fingerprint density at radius 1 is 1.47 bits per heavy atom. The van der Waals surface area contributed by atoms with Crippen LogP contribution in [0.4, 0.5) is 8.78 Å². The predicted molar refractivity (Wildman–Crippen MR) is 58.5 cm³/mol. The van der Waals surface area contributed by atoms with Crippen molar-refractivity contribution in [1.29, 1.82) is 0 Å². The van der Waals surface area contributed by atoms with E-state index >= 15 is 0 Å². The first-order valence-electron chi connectivity index (χ1n) is 5.04. The van der Waals surface area contributed by atoms with Crippen LogP contribution in [0.1, 0.15) is 1.37 Å². The smallest absolute Gasteiger partial charge is 0.244 e. The van der Waals surface area contributed by atoms with Crippen molar-refractivity contribution >= 4 is 11.8 Å². The number of aromatic nitrogens is 4. The number of alkyl halides is 2. The van der Waals surface area contributed by atoms with Crippen LogP contribution >= 0.6 is 11.8 Å². The van der Waals surface area contributed by atoms with E-state index in [4.69, 9.17) is 1.37 Å². The van der Waals surface area contributed by atoms with Crippen LogP contribution in [0.2, 0.25) is 0 Å². The Balaban J connectivity index is 2.52. The number of benzene rings is 1. The monoisotopic (exact) mass is 260 g/mol. The van der Waals surface area contributed by atoms with Gasteiger partial charge in [-0.05, 0) is 28.6 Å². The second-order valence-electron chi connectivity index (χ2n) is 3.08. The average molecular weight is 260 g/mol. The fraction of sp³-hybridized carbons (Fsp3) is 0.222. The van der Waals surface area contributed by atoms with E-state index in [1.165, 1.54) is 25.2 Å². The predicted octanol–water partition coefficient (Wildman–Crippen LogP) is 1.28. The zero-order valence-electron chi connectivity index (χ0n) is 9.67. The van der Waals surface area contributed by atoms with Crippen molar-refractivity contribution in [3.63, 3.8) is 0 Å². The minimum atomic E-state index is -2.62. The number of thioether (sulfide) groups is 1. The maximum Gasteiger partial charge on any atom is 0.368 e. The van der Waals surface area contributed by atoms with Crippen LogP contribution in [-0.2, 0) is 7.05 Å². The van der Waals surface area contributed by atoms with E-state index in [-0.39, 0.29) is 28.4 Å². The number of hydrogen-bond acceptors (Lipinski definition) is 4. The second kappa shape index (κ2) is 4.66. The number of halogens is 2. The number of hydrogen-bond donors (Lipinski definition) is 0. The highest BCUT2D eigenvalue weighted by Crippen LogP contribution is 2.26. The van der Waals surface area contributed by atoms with E-state index in [2.05, 4.69) is 10.4 Å². The molecule has 0 spiro atoms. The van der Waals surface area contributed by atoms with E-state index in [1.807, 2.05) is 0 Å². The molecule has 1 aromatic carbocycles. The molecule has 17 heavy (non-hydrogen) atoms. The van der Waals surface area contributed by atoms with Gasteiger partial charge in [0.1, 0.15) is 0 Å². The normalized spacial score (nSPS) is 11.9. The summed E-state index contributed by atoms with van der Waals surface area (Å²) in [4.78, 5) is 11.7. The minimum Gasteiger partial charge on any atom is -0.244 e. The van der Waals surface area contributed by atoms with Gasteiger partial charge >= 0.3 is 5.69 Å². The molecule has 1 heterocycles. The van der Waals surface area contributed by atoms with Crippen molar-refractivity contribution in [3.05, 3.63) is 34.7 Å². The second-order valence-corrected chi connectivity index (χ2v) is 4.11. The van der Waals surface area contributed by atoms with Gasteiger partial charge in [-0.2, -0.15) is 18.1 Å². The van der Waals surface area contributed by atoms with Gasteiger partial charge < -0.3 is 0 Å². The lowest BCUT2D eigenvalue weighted by Gasteiger charge is -2.02. The molecule has 5 nitrogen and oxygen atoms in total. The van der Waals surface area contributed by atoms with Gasteiger partial charge in [0, 0.05) is 11.9 Å². The fourth-order valence-electron chi connectivity index (χ4n) is 1.19. The van der Waals surface area contributed by atoms with Gasteiger partial charge in [0.2, 0.25) is 0 Å². The van der Waals surface area contributed by atoms with Crippen molar-refractivity contribution in [3.8, 4) is 5.69 Å². The summed E-state index contributed by atoms with van der Waals surface area (Å²) >= 11 is 0.255. The minimum absolute atomic E-state index is 0.0834.